The maximum absolute atomic E-state index is 13.9. The summed E-state index contributed by atoms with van der Waals surface area (Å²) < 4.78 is 28.3. The Bertz CT molecular complexity index is 1470. The van der Waals surface area contributed by atoms with Crippen LogP contribution in [0.5, 0.6) is 0 Å². The molecule has 0 saturated carbocycles. The molecule has 3 aromatic rings. The Morgan fingerprint density at radius 1 is 1.00 bits per heavy atom. The standard InChI is InChI=1S/C28H31ClN4O6S/c1-20(27(35)30-28(2,3)4)31(18-21-9-8-10-22(29)17-21)26(34)19-32(23-13-15-24(16-14-23)33(36)37)40(38,39)25-11-6-5-7-12-25/h5-17,20H,18-19H2,1-4H3,(H,30,35). The van der Waals surface area contributed by atoms with Crippen LogP contribution in [-0.4, -0.2) is 48.2 Å². The highest BCUT2D eigenvalue weighted by Gasteiger charge is 2.33. The van der Waals surface area contributed by atoms with Crippen LogP contribution >= 0.6 is 11.6 Å². The SMILES string of the molecule is CC(C(=O)NC(C)(C)C)N(Cc1cccc(Cl)c1)C(=O)CN(c1ccc([N+](=O)[O-])cc1)S(=O)(=O)c1ccccc1. The third kappa shape index (κ3) is 7.80. The quantitative estimate of drug-likeness (QED) is 0.269. The van der Waals surface area contributed by atoms with Gasteiger partial charge in [-0.05, 0) is 69.7 Å². The van der Waals surface area contributed by atoms with Crippen LogP contribution in [0.4, 0.5) is 11.4 Å². The molecule has 1 atom stereocenters. The van der Waals surface area contributed by atoms with Crippen LogP contribution in [0, 0.1) is 10.1 Å². The van der Waals surface area contributed by atoms with Gasteiger partial charge in [0.05, 0.1) is 15.5 Å². The molecule has 40 heavy (non-hydrogen) atoms. The summed E-state index contributed by atoms with van der Waals surface area (Å²) in [5.74, 6) is -1.08. The van der Waals surface area contributed by atoms with E-state index in [0.29, 0.717) is 10.6 Å². The number of nitrogens with one attached hydrogen (secondary N) is 1. The molecule has 12 heteroatoms. The first-order chi connectivity index (χ1) is 18.7. The van der Waals surface area contributed by atoms with E-state index in [2.05, 4.69) is 5.32 Å². The van der Waals surface area contributed by atoms with E-state index >= 15 is 0 Å². The first-order valence-electron chi connectivity index (χ1n) is 12.4. The lowest BCUT2D eigenvalue weighted by atomic mass is 10.1. The van der Waals surface area contributed by atoms with Crippen LogP contribution in [0.2, 0.25) is 5.02 Å². The Labute approximate surface area is 238 Å². The number of non-ortho nitro benzene ring substituents is 1. The number of hydrogen-bond acceptors (Lipinski definition) is 6. The lowest BCUT2D eigenvalue weighted by molar-refractivity contribution is -0.384. The number of amides is 2. The van der Waals surface area contributed by atoms with Gasteiger partial charge in [-0.25, -0.2) is 8.42 Å². The van der Waals surface area contributed by atoms with Crippen molar-refractivity contribution < 1.29 is 22.9 Å². The summed E-state index contributed by atoms with van der Waals surface area (Å²) in [6, 6.07) is 18.2. The van der Waals surface area contributed by atoms with Gasteiger partial charge in [0.25, 0.3) is 15.7 Å². The first-order valence-corrected chi connectivity index (χ1v) is 14.2. The molecule has 0 aliphatic heterocycles. The lowest BCUT2D eigenvalue weighted by Crippen LogP contribution is -2.54. The van der Waals surface area contributed by atoms with Crippen molar-refractivity contribution in [3.63, 3.8) is 0 Å². The molecule has 3 aromatic carbocycles. The van der Waals surface area contributed by atoms with Gasteiger partial charge in [0.2, 0.25) is 11.8 Å². The maximum Gasteiger partial charge on any atom is 0.269 e. The van der Waals surface area contributed by atoms with E-state index in [4.69, 9.17) is 11.6 Å². The van der Waals surface area contributed by atoms with Gasteiger partial charge in [0, 0.05) is 29.2 Å². The van der Waals surface area contributed by atoms with Crippen LogP contribution in [-0.2, 0) is 26.2 Å². The highest BCUT2D eigenvalue weighted by atomic mass is 35.5. The van der Waals surface area contributed by atoms with Crippen molar-refractivity contribution in [2.45, 2.75) is 50.7 Å². The van der Waals surface area contributed by atoms with Crippen molar-refractivity contribution in [1.29, 1.82) is 0 Å². The number of halogens is 1. The van der Waals surface area contributed by atoms with Crippen molar-refractivity contribution >= 4 is 44.8 Å². The lowest BCUT2D eigenvalue weighted by Gasteiger charge is -2.33. The van der Waals surface area contributed by atoms with Crippen LogP contribution in [0.1, 0.15) is 33.3 Å². The number of nitrogens with zero attached hydrogens (tertiary/aromatic N) is 3. The van der Waals surface area contributed by atoms with Gasteiger partial charge >= 0.3 is 0 Å². The summed E-state index contributed by atoms with van der Waals surface area (Å²) in [7, 11) is -4.28. The zero-order chi connectivity index (χ0) is 29.7. The highest BCUT2D eigenvalue weighted by Crippen LogP contribution is 2.26. The van der Waals surface area contributed by atoms with E-state index in [1.165, 1.54) is 29.2 Å². The van der Waals surface area contributed by atoms with Gasteiger partial charge < -0.3 is 10.2 Å². The Kier molecular flexibility index (Phi) is 9.54. The molecule has 212 valence electrons. The van der Waals surface area contributed by atoms with Crippen molar-refractivity contribution in [3.8, 4) is 0 Å². The van der Waals surface area contributed by atoms with Gasteiger partial charge in [-0.15, -0.1) is 0 Å². The van der Waals surface area contributed by atoms with Crippen molar-refractivity contribution in [2.75, 3.05) is 10.8 Å². The highest BCUT2D eigenvalue weighted by molar-refractivity contribution is 7.92. The molecule has 1 unspecified atom stereocenters. The van der Waals surface area contributed by atoms with E-state index in [1.807, 2.05) is 20.8 Å². The second kappa shape index (κ2) is 12.5. The number of anilines is 1. The largest absolute Gasteiger partial charge is 0.350 e. The van der Waals surface area contributed by atoms with Gasteiger partial charge in [-0.2, -0.15) is 0 Å². The zero-order valence-electron chi connectivity index (χ0n) is 22.6. The normalized spacial score (nSPS) is 12.3. The van der Waals surface area contributed by atoms with E-state index < -0.39 is 44.9 Å². The topological polar surface area (TPSA) is 130 Å². The second-order valence-corrected chi connectivity index (χ2v) is 12.5. The molecule has 0 spiro atoms. The number of carbonyl (C=O) groups is 2. The molecular weight excluding hydrogens is 556 g/mol. The third-order valence-corrected chi connectivity index (χ3v) is 7.89. The number of sulfonamides is 1. The fourth-order valence-corrected chi connectivity index (χ4v) is 5.53. The summed E-state index contributed by atoms with van der Waals surface area (Å²) in [6.07, 6.45) is 0. The summed E-state index contributed by atoms with van der Waals surface area (Å²) in [5, 5.41) is 14.5. The minimum Gasteiger partial charge on any atom is -0.350 e. The van der Waals surface area contributed by atoms with E-state index in [9.17, 15) is 28.1 Å². The van der Waals surface area contributed by atoms with Gasteiger partial charge in [0.15, 0.2) is 0 Å². The fourth-order valence-electron chi connectivity index (χ4n) is 3.88. The van der Waals surface area contributed by atoms with E-state index in [1.54, 1.807) is 49.4 Å². The molecule has 0 aliphatic rings. The number of carbonyl (C=O) groups excluding carboxylic acids is 2. The molecule has 0 heterocycles. The zero-order valence-corrected chi connectivity index (χ0v) is 24.1. The Morgan fingerprint density at radius 2 is 1.62 bits per heavy atom. The monoisotopic (exact) mass is 586 g/mol. The minimum atomic E-state index is -4.28. The predicted molar refractivity (Wildman–Crippen MR) is 153 cm³/mol. The molecule has 0 fully saturated rings. The Hall–Kier alpha value is -3.96. The molecule has 0 radical (unpaired) electrons. The number of nitro benzene ring substituents is 1. The Balaban J connectivity index is 2.05. The van der Waals surface area contributed by atoms with E-state index in [0.717, 1.165) is 16.4 Å². The average Bonchev–Trinajstić information content (AvgIpc) is 2.89. The van der Waals surface area contributed by atoms with Crippen LogP contribution in [0.3, 0.4) is 0 Å². The molecule has 0 aliphatic carbocycles. The van der Waals surface area contributed by atoms with Crippen molar-refractivity contribution in [3.05, 3.63) is 99.6 Å². The first kappa shape index (κ1) is 30.6. The number of hydrogen-bond donors (Lipinski definition) is 1. The number of benzene rings is 3. The molecular formula is C28H31ClN4O6S. The predicted octanol–water partition coefficient (Wildman–Crippen LogP) is 4.78. The van der Waals surface area contributed by atoms with Crippen molar-refractivity contribution in [2.24, 2.45) is 0 Å². The number of rotatable bonds is 10. The van der Waals surface area contributed by atoms with Gasteiger partial charge in [-0.3, -0.25) is 24.0 Å². The molecule has 10 nitrogen and oxygen atoms in total. The smallest absolute Gasteiger partial charge is 0.269 e. The molecule has 0 bridgehead atoms. The summed E-state index contributed by atoms with van der Waals surface area (Å²) >= 11 is 6.15. The molecule has 3 rings (SSSR count). The summed E-state index contributed by atoms with van der Waals surface area (Å²) in [4.78, 5) is 38.8. The Morgan fingerprint density at radius 3 is 2.17 bits per heavy atom. The average molecular weight is 587 g/mol. The maximum atomic E-state index is 13.9. The summed E-state index contributed by atoms with van der Waals surface area (Å²) in [5.41, 5.74) is -0.110. The minimum absolute atomic E-state index is 0.0163. The van der Waals surface area contributed by atoms with Crippen molar-refractivity contribution in [1.82, 2.24) is 10.2 Å². The van der Waals surface area contributed by atoms with Gasteiger partial charge in [0.1, 0.15) is 12.6 Å². The third-order valence-electron chi connectivity index (χ3n) is 5.87. The number of nitro groups is 1. The molecule has 2 amide bonds. The molecule has 0 aromatic heterocycles. The van der Waals surface area contributed by atoms with Crippen LogP contribution in [0.25, 0.3) is 0 Å². The van der Waals surface area contributed by atoms with Gasteiger partial charge in [-0.1, -0.05) is 41.9 Å². The second-order valence-electron chi connectivity index (χ2n) is 10.2. The molecule has 1 N–H and O–H groups in total. The van der Waals surface area contributed by atoms with E-state index in [-0.39, 0.29) is 22.8 Å². The summed E-state index contributed by atoms with van der Waals surface area (Å²) in [6.45, 7) is 6.31. The van der Waals surface area contributed by atoms with Crippen LogP contribution in [0.15, 0.2) is 83.8 Å². The fraction of sp³-hybridized carbons (Fsp3) is 0.286. The molecule has 0 saturated heterocycles. The van der Waals surface area contributed by atoms with Crippen LogP contribution < -0.4 is 9.62 Å².